The molecule has 0 spiro atoms. The number of aromatic nitrogens is 1. The second-order valence-electron chi connectivity index (χ2n) is 2.74. The lowest BCUT2D eigenvalue weighted by molar-refractivity contribution is -0.138. The van der Waals surface area contributed by atoms with Crippen molar-refractivity contribution >= 4 is 21.9 Å². The molecule has 16 heavy (non-hydrogen) atoms. The highest BCUT2D eigenvalue weighted by Crippen LogP contribution is 2.34. The summed E-state index contributed by atoms with van der Waals surface area (Å²) in [6.07, 6.45) is -3.65. The summed E-state index contributed by atoms with van der Waals surface area (Å²) in [6, 6.07) is 0.733. The van der Waals surface area contributed by atoms with E-state index in [1.165, 1.54) is 6.92 Å². The number of esters is 1. The second kappa shape index (κ2) is 4.82. The highest BCUT2D eigenvalue weighted by molar-refractivity contribution is 9.10. The largest absolute Gasteiger partial charge is 0.462 e. The molecule has 0 bridgehead atoms. The first-order valence-electron chi connectivity index (χ1n) is 4.26. The van der Waals surface area contributed by atoms with Crippen LogP contribution < -0.4 is 0 Å². The van der Waals surface area contributed by atoms with E-state index in [-0.39, 0.29) is 11.2 Å². The van der Waals surface area contributed by atoms with Gasteiger partial charge in [0.15, 0.2) is 0 Å². The number of hydrogen-bond donors (Lipinski definition) is 0. The van der Waals surface area contributed by atoms with Crippen LogP contribution in [0.4, 0.5) is 13.2 Å². The third kappa shape index (κ3) is 2.72. The molecule has 0 saturated heterocycles. The molecule has 1 rings (SSSR count). The molecule has 0 aliphatic rings. The molecule has 0 fully saturated rings. The predicted octanol–water partition coefficient (Wildman–Crippen LogP) is 3.04. The SMILES string of the molecule is CCOC(=O)c1c(C(F)(F)F)ccnc1Br. The number of carbonyl (C=O) groups excluding carboxylic acids is 1. The highest BCUT2D eigenvalue weighted by atomic mass is 79.9. The summed E-state index contributed by atoms with van der Waals surface area (Å²) in [6.45, 7) is 1.51. The van der Waals surface area contributed by atoms with Crippen LogP contribution >= 0.6 is 15.9 Å². The molecule has 7 heteroatoms. The summed E-state index contributed by atoms with van der Waals surface area (Å²) < 4.78 is 42.1. The standard InChI is InChI=1S/C9H7BrF3NO2/c1-2-16-8(15)6-5(9(11,12)13)3-4-14-7(6)10/h3-4H,2H2,1H3. The quantitative estimate of drug-likeness (QED) is 0.622. The Morgan fingerprint density at radius 2 is 2.19 bits per heavy atom. The number of carbonyl (C=O) groups is 1. The molecule has 1 aromatic heterocycles. The van der Waals surface area contributed by atoms with Crippen molar-refractivity contribution in [1.82, 2.24) is 4.98 Å². The Balaban J connectivity index is 3.30. The van der Waals surface area contributed by atoms with Crippen molar-refractivity contribution in [3.8, 4) is 0 Å². The van der Waals surface area contributed by atoms with Gasteiger partial charge >= 0.3 is 12.1 Å². The summed E-state index contributed by atoms with van der Waals surface area (Å²) in [5.74, 6) is -1.05. The zero-order valence-corrected chi connectivity index (χ0v) is 9.72. The van der Waals surface area contributed by atoms with Crippen LogP contribution in [0.25, 0.3) is 0 Å². The Morgan fingerprint density at radius 3 is 2.69 bits per heavy atom. The number of pyridine rings is 1. The van der Waals surface area contributed by atoms with Crippen molar-refractivity contribution in [3.05, 3.63) is 28.0 Å². The van der Waals surface area contributed by atoms with Gasteiger partial charge in [-0.2, -0.15) is 13.2 Å². The second-order valence-corrected chi connectivity index (χ2v) is 3.49. The lowest BCUT2D eigenvalue weighted by atomic mass is 10.1. The molecule has 88 valence electrons. The van der Waals surface area contributed by atoms with E-state index in [1.807, 2.05) is 0 Å². The van der Waals surface area contributed by atoms with E-state index in [4.69, 9.17) is 0 Å². The van der Waals surface area contributed by atoms with Crippen molar-refractivity contribution in [1.29, 1.82) is 0 Å². The molecule has 3 nitrogen and oxygen atoms in total. The average Bonchev–Trinajstić information content (AvgIpc) is 2.16. The fourth-order valence-electron chi connectivity index (χ4n) is 1.07. The van der Waals surface area contributed by atoms with Crippen LogP contribution in [0.3, 0.4) is 0 Å². The van der Waals surface area contributed by atoms with Crippen LogP contribution in [0.2, 0.25) is 0 Å². The molecular formula is C9H7BrF3NO2. The van der Waals surface area contributed by atoms with E-state index in [0.29, 0.717) is 0 Å². The Labute approximate surface area is 97.8 Å². The van der Waals surface area contributed by atoms with Gasteiger partial charge < -0.3 is 4.74 Å². The van der Waals surface area contributed by atoms with Gasteiger partial charge in [-0.3, -0.25) is 0 Å². The van der Waals surface area contributed by atoms with Crippen LogP contribution in [0.1, 0.15) is 22.8 Å². The fraction of sp³-hybridized carbons (Fsp3) is 0.333. The van der Waals surface area contributed by atoms with E-state index in [0.717, 1.165) is 12.3 Å². The number of ether oxygens (including phenoxy) is 1. The zero-order chi connectivity index (χ0) is 12.3. The maximum absolute atomic E-state index is 12.6. The van der Waals surface area contributed by atoms with Gasteiger partial charge in [-0.25, -0.2) is 9.78 Å². The molecule has 0 atom stereocenters. The van der Waals surface area contributed by atoms with Gasteiger partial charge in [0.05, 0.1) is 12.2 Å². The minimum absolute atomic E-state index is 0.00252. The monoisotopic (exact) mass is 297 g/mol. The maximum Gasteiger partial charge on any atom is 0.417 e. The van der Waals surface area contributed by atoms with Crippen molar-refractivity contribution < 1.29 is 22.7 Å². The third-order valence-corrected chi connectivity index (χ3v) is 2.29. The van der Waals surface area contributed by atoms with Crippen LogP contribution in [0.15, 0.2) is 16.9 Å². The summed E-state index contributed by atoms with van der Waals surface area (Å²) in [5, 5.41) is 0. The minimum Gasteiger partial charge on any atom is -0.462 e. The predicted molar refractivity (Wildman–Crippen MR) is 52.9 cm³/mol. The normalized spacial score (nSPS) is 11.3. The van der Waals surface area contributed by atoms with Crippen LogP contribution in [0, 0.1) is 0 Å². The Bertz CT molecular complexity index is 406. The molecule has 0 radical (unpaired) electrons. The lowest BCUT2D eigenvalue weighted by Gasteiger charge is -2.12. The molecule has 1 aromatic rings. The summed E-state index contributed by atoms with van der Waals surface area (Å²) in [4.78, 5) is 14.9. The Morgan fingerprint density at radius 1 is 1.56 bits per heavy atom. The molecule has 0 aromatic carbocycles. The van der Waals surface area contributed by atoms with Gasteiger partial charge in [-0.05, 0) is 28.9 Å². The zero-order valence-electron chi connectivity index (χ0n) is 8.14. The van der Waals surface area contributed by atoms with Gasteiger partial charge in [-0.1, -0.05) is 0 Å². The first kappa shape index (κ1) is 13.0. The van der Waals surface area contributed by atoms with E-state index in [2.05, 4.69) is 25.7 Å². The number of nitrogens with zero attached hydrogens (tertiary/aromatic N) is 1. The molecule has 0 amide bonds. The van der Waals surface area contributed by atoms with Gasteiger partial charge in [-0.15, -0.1) is 0 Å². The van der Waals surface area contributed by atoms with E-state index in [9.17, 15) is 18.0 Å². The van der Waals surface area contributed by atoms with E-state index >= 15 is 0 Å². The first-order chi connectivity index (χ1) is 7.38. The Hall–Kier alpha value is -1.11. The Kier molecular flexibility index (Phi) is 3.90. The maximum atomic E-state index is 12.6. The van der Waals surface area contributed by atoms with Gasteiger partial charge in [0.2, 0.25) is 0 Å². The van der Waals surface area contributed by atoms with Crippen LogP contribution in [-0.2, 0) is 10.9 Å². The van der Waals surface area contributed by atoms with Gasteiger partial charge in [0.25, 0.3) is 0 Å². The van der Waals surface area contributed by atoms with Crippen LogP contribution in [-0.4, -0.2) is 17.6 Å². The van der Waals surface area contributed by atoms with Crippen molar-refractivity contribution in [2.45, 2.75) is 13.1 Å². The van der Waals surface area contributed by atoms with Crippen molar-refractivity contribution in [2.75, 3.05) is 6.61 Å². The smallest absolute Gasteiger partial charge is 0.417 e. The van der Waals surface area contributed by atoms with Crippen molar-refractivity contribution in [3.63, 3.8) is 0 Å². The molecule has 0 aliphatic carbocycles. The first-order valence-corrected chi connectivity index (χ1v) is 5.06. The molecule has 0 saturated carbocycles. The van der Waals surface area contributed by atoms with Crippen molar-refractivity contribution in [2.24, 2.45) is 0 Å². The molecule has 1 heterocycles. The number of rotatable bonds is 2. The van der Waals surface area contributed by atoms with E-state index in [1.54, 1.807) is 0 Å². The summed E-state index contributed by atoms with van der Waals surface area (Å²) in [7, 11) is 0. The van der Waals surface area contributed by atoms with Gasteiger partial charge in [0, 0.05) is 6.20 Å². The fourth-order valence-corrected chi connectivity index (χ4v) is 1.56. The lowest BCUT2D eigenvalue weighted by Crippen LogP contribution is -2.16. The number of halogens is 4. The summed E-state index contributed by atoms with van der Waals surface area (Å²) in [5.41, 5.74) is -1.66. The molecule has 0 unspecified atom stereocenters. The highest BCUT2D eigenvalue weighted by Gasteiger charge is 2.37. The van der Waals surface area contributed by atoms with Gasteiger partial charge in [0.1, 0.15) is 10.2 Å². The van der Waals surface area contributed by atoms with Crippen LogP contribution in [0.5, 0.6) is 0 Å². The number of alkyl halides is 3. The topological polar surface area (TPSA) is 39.2 Å². The average molecular weight is 298 g/mol. The third-order valence-electron chi connectivity index (χ3n) is 1.69. The minimum atomic E-state index is -4.62. The van der Waals surface area contributed by atoms with E-state index < -0.39 is 23.3 Å². The summed E-state index contributed by atoms with van der Waals surface area (Å²) >= 11 is 2.80. The molecule has 0 N–H and O–H groups in total. The molecular weight excluding hydrogens is 291 g/mol. The molecule has 0 aliphatic heterocycles. The number of hydrogen-bond acceptors (Lipinski definition) is 3.